The van der Waals surface area contributed by atoms with Crippen LogP contribution >= 0.6 is 11.3 Å². The molecule has 230 valence electrons. The summed E-state index contributed by atoms with van der Waals surface area (Å²) in [7, 11) is 0. The molecule has 3 heteroatoms. The zero-order chi connectivity index (χ0) is 32.3. The molecule has 0 aliphatic carbocycles. The summed E-state index contributed by atoms with van der Waals surface area (Å²) in [4.78, 5) is 2.40. The van der Waals surface area contributed by atoms with Crippen LogP contribution in [0.15, 0.2) is 180 Å². The number of fused-ring (bicyclic) bond motifs is 7. The van der Waals surface area contributed by atoms with Crippen molar-refractivity contribution in [3.8, 4) is 22.3 Å². The first-order chi connectivity index (χ1) is 24.3. The number of hydrogen-bond donors (Lipinski definition) is 0. The molecule has 0 fully saturated rings. The average Bonchev–Trinajstić information content (AvgIpc) is 3.73. The van der Waals surface area contributed by atoms with Gasteiger partial charge in [-0.3, -0.25) is 0 Å². The lowest BCUT2D eigenvalue weighted by Crippen LogP contribution is -2.11. The number of thiophene rings is 1. The van der Waals surface area contributed by atoms with E-state index in [-0.39, 0.29) is 0 Å². The molecule has 2 aromatic heterocycles. The molecule has 2 nitrogen and oxygen atoms in total. The Morgan fingerprint density at radius 2 is 1.10 bits per heavy atom. The lowest BCUT2D eigenvalue weighted by atomic mass is 9.98. The highest BCUT2D eigenvalue weighted by Crippen LogP contribution is 2.45. The van der Waals surface area contributed by atoms with Crippen LogP contribution in [0.2, 0.25) is 0 Å². The topological polar surface area (TPSA) is 16.4 Å². The number of benzene rings is 8. The quantitative estimate of drug-likeness (QED) is 0.186. The van der Waals surface area contributed by atoms with Crippen LogP contribution in [0, 0.1) is 0 Å². The predicted molar refractivity (Wildman–Crippen MR) is 210 cm³/mol. The minimum atomic E-state index is 0.887. The lowest BCUT2D eigenvalue weighted by Gasteiger charge is -2.28. The molecule has 0 amide bonds. The molecule has 0 atom stereocenters. The van der Waals surface area contributed by atoms with Gasteiger partial charge in [0.15, 0.2) is 0 Å². The van der Waals surface area contributed by atoms with Gasteiger partial charge in [-0.2, -0.15) is 0 Å². The van der Waals surface area contributed by atoms with Crippen LogP contribution < -0.4 is 4.90 Å². The molecular weight excluding hydrogens is 615 g/mol. The van der Waals surface area contributed by atoms with Crippen molar-refractivity contribution in [1.29, 1.82) is 0 Å². The van der Waals surface area contributed by atoms with Gasteiger partial charge in [0, 0.05) is 47.9 Å². The van der Waals surface area contributed by atoms with Crippen molar-refractivity contribution in [1.82, 2.24) is 0 Å². The average molecular weight is 644 g/mol. The fraction of sp³-hybridized carbons (Fsp3) is 0. The van der Waals surface area contributed by atoms with Crippen LogP contribution in [0.3, 0.4) is 0 Å². The van der Waals surface area contributed by atoms with E-state index >= 15 is 0 Å². The van der Waals surface area contributed by atoms with Gasteiger partial charge in [-0.15, -0.1) is 11.3 Å². The Balaban J connectivity index is 1.18. The highest BCUT2D eigenvalue weighted by atomic mass is 32.1. The van der Waals surface area contributed by atoms with Gasteiger partial charge in [0.05, 0.1) is 5.69 Å². The number of furan rings is 1. The van der Waals surface area contributed by atoms with Crippen LogP contribution in [0.1, 0.15) is 0 Å². The first kappa shape index (κ1) is 27.9. The van der Waals surface area contributed by atoms with E-state index in [0.29, 0.717) is 0 Å². The van der Waals surface area contributed by atoms with Crippen molar-refractivity contribution in [3.05, 3.63) is 176 Å². The Morgan fingerprint density at radius 3 is 2.06 bits per heavy atom. The molecule has 49 heavy (non-hydrogen) atoms. The molecule has 10 aromatic rings. The standard InChI is InChI=1S/C46H29NOS/c1-2-11-31-26-33(21-20-30(31)10-1)32-12-9-13-35(27-32)47(36-23-25-44-41(29-36)38-15-4-7-18-43(38)48-44)42-17-6-3-14-37(42)34-22-24-40-39-16-5-8-19-45(39)49-46(40)28-34/h1-29H. The normalized spacial score (nSPS) is 11.7. The van der Waals surface area contributed by atoms with Crippen LogP contribution in [0.5, 0.6) is 0 Å². The number of nitrogens with zero attached hydrogens (tertiary/aromatic N) is 1. The van der Waals surface area contributed by atoms with E-state index in [0.717, 1.165) is 39.0 Å². The van der Waals surface area contributed by atoms with E-state index in [2.05, 4.69) is 169 Å². The first-order valence-corrected chi connectivity index (χ1v) is 17.4. The molecular formula is C46H29NOS. The highest BCUT2D eigenvalue weighted by Gasteiger charge is 2.20. The Kier molecular flexibility index (Phi) is 6.39. The number of para-hydroxylation sites is 2. The maximum atomic E-state index is 6.25. The second-order valence-corrected chi connectivity index (χ2v) is 13.6. The van der Waals surface area contributed by atoms with Crippen molar-refractivity contribution >= 4 is 81.3 Å². The Labute approximate surface area is 287 Å². The van der Waals surface area contributed by atoms with Crippen molar-refractivity contribution < 1.29 is 4.42 Å². The van der Waals surface area contributed by atoms with Gasteiger partial charge >= 0.3 is 0 Å². The van der Waals surface area contributed by atoms with Gasteiger partial charge in [0.25, 0.3) is 0 Å². The Morgan fingerprint density at radius 1 is 0.388 bits per heavy atom. The fourth-order valence-electron chi connectivity index (χ4n) is 7.28. The summed E-state index contributed by atoms with van der Waals surface area (Å²) in [6.45, 7) is 0. The summed E-state index contributed by atoms with van der Waals surface area (Å²) >= 11 is 1.86. The van der Waals surface area contributed by atoms with E-state index in [1.165, 1.54) is 53.2 Å². The summed E-state index contributed by atoms with van der Waals surface area (Å²) in [6, 6.07) is 63.4. The molecule has 10 rings (SSSR count). The summed E-state index contributed by atoms with van der Waals surface area (Å²) in [6.07, 6.45) is 0. The molecule has 0 aliphatic heterocycles. The Bertz CT molecular complexity index is 2860. The van der Waals surface area contributed by atoms with Gasteiger partial charge in [-0.05, 0) is 88.1 Å². The van der Waals surface area contributed by atoms with E-state index in [4.69, 9.17) is 4.42 Å². The third-order valence-electron chi connectivity index (χ3n) is 9.64. The van der Waals surface area contributed by atoms with Crippen molar-refractivity contribution in [2.24, 2.45) is 0 Å². The molecule has 2 heterocycles. The maximum Gasteiger partial charge on any atom is 0.135 e. The monoisotopic (exact) mass is 643 g/mol. The maximum absolute atomic E-state index is 6.25. The second-order valence-electron chi connectivity index (χ2n) is 12.6. The first-order valence-electron chi connectivity index (χ1n) is 16.6. The molecule has 0 saturated carbocycles. The van der Waals surface area contributed by atoms with Gasteiger partial charge < -0.3 is 9.32 Å². The van der Waals surface area contributed by atoms with E-state index in [1.54, 1.807) is 0 Å². The van der Waals surface area contributed by atoms with Gasteiger partial charge in [0.1, 0.15) is 11.2 Å². The molecule has 0 radical (unpaired) electrons. The fourth-order valence-corrected chi connectivity index (χ4v) is 8.43. The van der Waals surface area contributed by atoms with E-state index < -0.39 is 0 Å². The van der Waals surface area contributed by atoms with Crippen LogP contribution in [0.4, 0.5) is 17.1 Å². The van der Waals surface area contributed by atoms with Crippen molar-refractivity contribution in [2.45, 2.75) is 0 Å². The summed E-state index contributed by atoms with van der Waals surface area (Å²) < 4.78 is 8.86. The zero-order valence-electron chi connectivity index (χ0n) is 26.5. The van der Waals surface area contributed by atoms with Gasteiger partial charge in [-0.25, -0.2) is 0 Å². The molecule has 0 saturated heterocycles. The third-order valence-corrected chi connectivity index (χ3v) is 10.8. The lowest BCUT2D eigenvalue weighted by molar-refractivity contribution is 0.669. The van der Waals surface area contributed by atoms with Gasteiger partial charge in [-0.1, -0.05) is 115 Å². The molecule has 0 aliphatic rings. The molecule has 0 spiro atoms. The van der Waals surface area contributed by atoms with Crippen LogP contribution in [-0.4, -0.2) is 0 Å². The molecule has 0 bridgehead atoms. The smallest absolute Gasteiger partial charge is 0.135 e. The second kappa shape index (κ2) is 11.2. The minimum absolute atomic E-state index is 0.887. The largest absolute Gasteiger partial charge is 0.456 e. The minimum Gasteiger partial charge on any atom is -0.456 e. The van der Waals surface area contributed by atoms with Crippen LogP contribution in [0.25, 0.3) is 75.1 Å². The van der Waals surface area contributed by atoms with E-state index in [1.807, 2.05) is 23.5 Å². The highest BCUT2D eigenvalue weighted by molar-refractivity contribution is 7.25. The number of anilines is 3. The van der Waals surface area contributed by atoms with Crippen molar-refractivity contribution in [2.75, 3.05) is 4.90 Å². The van der Waals surface area contributed by atoms with Gasteiger partial charge in [0.2, 0.25) is 0 Å². The summed E-state index contributed by atoms with van der Waals surface area (Å²) in [5, 5.41) is 7.32. The predicted octanol–water partition coefficient (Wildman–Crippen LogP) is 13.9. The van der Waals surface area contributed by atoms with Crippen molar-refractivity contribution in [3.63, 3.8) is 0 Å². The summed E-state index contributed by atoms with van der Waals surface area (Å²) in [5.74, 6) is 0. The molecule has 0 N–H and O–H groups in total. The molecule has 8 aromatic carbocycles. The Hall–Kier alpha value is -6.16. The number of hydrogen-bond acceptors (Lipinski definition) is 3. The molecule has 0 unspecified atom stereocenters. The SMILES string of the molecule is c1cc(-c2ccc3ccccc3c2)cc(N(c2ccc3oc4ccccc4c3c2)c2ccccc2-c2ccc3c(c2)sc2ccccc23)c1. The summed E-state index contributed by atoms with van der Waals surface area (Å²) in [5.41, 5.74) is 9.81. The van der Waals surface area contributed by atoms with E-state index in [9.17, 15) is 0 Å². The third kappa shape index (κ3) is 4.70. The number of rotatable bonds is 5. The zero-order valence-corrected chi connectivity index (χ0v) is 27.3. The van der Waals surface area contributed by atoms with Crippen LogP contribution in [-0.2, 0) is 0 Å².